The summed E-state index contributed by atoms with van der Waals surface area (Å²) in [6.45, 7) is 1.17. The van der Waals surface area contributed by atoms with Crippen LogP contribution in [0, 0.1) is 22.2 Å². The van der Waals surface area contributed by atoms with Gasteiger partial charge in [-0.3, -0.25) is 9.78 Å². The van der Waals surface area contributed by atoms with E-state index in [9.17, 15) is 23.6 Å². The Morgan fingerprint density at radius 3 is 2.44 bits per heavy atom. The van der Waals surface area contributed by atoms with Gasteiger partial charge in [0.2, 0.25) is 0 Å². The number of likely N-dealkylation sites (tertiary alicyclic amines) is 1. The first-order chi connectivity index (χ1) is 15.2. The van der Waals surface area contributed by atoms with Gasteiger partial charge >= 0.3 is 6.03 Å². The number of rotatable bonds is 8. The number of carbonyl (C=O) groups excluding carboxylic acids is 2. The van der Waals surface area contributed by atoms with Crippen LogP contribution in [0.25, 0.3) is 0 Å². The van der Waals surface area contributed by atoms with Gasteiger partial charge in [-0.2, -0.15) is 5.26 Å². The maximum absolute atomic E-state index is 14.9. The van der Waals surface area contributed by atoms with E-state index in [1.165, 1.54) is 31.5 Å². The van der Waals surface area contributed by atoms with E-state index >= 15 is 0 Å². The van der Waals surface area contributed by atoms with E-state index in [0.29, 0.717) is 31.3 Å². The lowest BCUT2D eigenvalue weighted by Crippen LogP contribution is -2.54. The number of amides is 2. The van der Waals surface area contributed by atoms with Gasteiger partial charge in [0.25, 0.3) is 5.92 Å². The second kappa shape index (κ2) is 8.76. The van der Waals surface area contributed by atoms with Gasteiger partial charge in [-0.15, -0.1) is 0 Å². The highest BCUT2D eigenvalue weighted by Gasteiger charge is 2.48. The van der Waals surface area contributed by atoms with Crippen LogP contribution in [0.1, 0.15) is 63.5 Å². The van der Waals surface area contributed by atoms with Crippen LogP contribution in [0.5, 0.6) is 0 Å². The molecule has 0 radical (unpaired) electrons. The quantitative estimate of drug-likeness (QED) is 0.649. The Morgan fingerprint density at radius 1 is 1.19 bits per heavy atom. The Kier molecular flexibility index (Phi) is 6.19. The first-order valence-corrected chi connectivity index (χ1v) is 11.5. The van der Waals surface area contributed by atoms with Gasteiger partial charge in [0.1, 0.15) is 0 Å². The molecule has 2 aliphatic carbocycles. The van der Waals surface area contributed by atoms with E-state index in [2.05, 4.69) is 16.4 Å². The maximum Gasteiger partial charge on any atom is 0.317 e. The number of halogens is 2. The zero-order chi connectivity index (χ0) is 22.8. The second-order valence-electron chi connectivity index (χ2n) is 9.94. The highest BCUT2D eigenvalue weighted by atomic mass is 19.3. The van der Waals surface area contributed by atoms with Crippen molar-refractivity contribution in [1.82, 2.24) is 15.2 Å². The number of alkyl halides is 2. The van der Waals surface area contributed by atoms with Crippen LogP contribution in [-0.2, 0) is 11.2 Å². The minimum atomic E-state index is -3.22. The molecule has 1 aliphatic heterocycles. The summed E-state index contributed by atoms with van der Waals surface area (Å²) in [6, 6.07) is 5.15. The van der Waals surface area contributed by atoms with E-state index < -0.39 is 42.0 Å². The van der Waals surface area contributed by atoms with Crippen LogP contribution in [0.2, 0.25) is 0 Å². The molecule has 2 saturated carbocycles. The molecule has 1 spiro atoms. The Bertz CT molecular complexity index is 881. The van der Waals surface area contributed by atoms with Crippen LogP contribution in [0.3, 0.4) is 0 Å². The number of hydrogen-bond acceptors (Lipinski definition) is 4. The molecule has 0 aromatic carbocycles. The maximum atomic E-state index is 14.9. The normalized spacial score (nSPS) is 21.8. The van der Waals surface area contributed by atoms with E-state index in [1.54, 1.807) is 17.0 Å². The fraction of sp³-hybridized carbons (Fsp3) is 0.667. The van der Waals surface area contributed by atoms with Crippen molar-refractivity contribution >= 4 is 11.8 Å². The lowest BCUT2D eigenvalue weighted by Gasteiger charge is -2.48. The number of nitriles is 1. The summed E-state index contributed by atoms with van der Waals surface area (Å²) < 4.78 is 29.8. The van der Waals surface area contributed by atoms with E-state index in [0.717, 1.165) is 12.8 Å². The summed E-state index contributed by atoms with van der Waals surface area (Å²) in [4.78, 5) is 31.4. The number of urea groups is 1. The van der Waals surface area contributed by atoms with Gasteiger partial charge in [0.05, 0.1) is 23.9 Å². The summed E-state index contributed by atoms with van der Waals surface area (Å²) in [7, 11) is 0. The summed E-state index contributed by atoms with van der Waals surface area (Å²) >= 11 is 0. The van der Waals surface area contributed by atoms with Crippen molar-refractivity contribution in [3.63, 3.8) is 0 Å². The Balaban J connectivity index is 1.41. The predicted octanol–water partition coefficient (Wildman–Crippen LogP) is 4.26. The molecule has 1 saturated heterocycles. The number of aromatic nitrogens is 1. The number of carbonyl (C=O) groups is 2. The molecule has 0 unspecified atom stereocenters. The number of piperidine rings is 1. The third kappa shape index (κ3) is 5.25. The van der Waals surface area contributed by atoms with Crippen molar-refractivity contribution in [1.29, 1.82) is 5.26 Å². The summed E-state index contributed by atoms with van der Waals surface area (Å²) in [6.07, 6.45) is 6.59. The molecule has 2 heterocycles. The topological polar surface area (TPSA) is 86.1 Å². The Labute approximate surface area is 187 Å². The summed E-state index contributed by atoms with van der Waals surface area (Å²) in [5, 5.41) is 11.9. The molecular formula is C24H30F2N4O2. The molecule has 3 aliphatic rings. The molecule has 8 heteroatoms. The SMILES string of the molecule is N#CC1(CC(=O)[C@H](CC(F)(F)Cc2ccccn2)NC(=O)N2CCC3(CCC3)CC2)CC1. The number of hydrogen-bond donors (Lipinski definition) is 1. The lowest BCUT2D eigenvalue weighted by molar-refractivity contribution is -0.124. The van der Waals surface area contributed by atoms with Crippen LogP contribution in [0.15, 0.2) is 24.4 Å². The first kappa shape index (κ1) is 22.6. The fourth-order valence-electron chi connectivity index (χ4n) is 4.92. The smallest absolute Gasteiger partial charge is 0.317 e. The molecule has 1 aromatic rings. The molecule has 2 amide bonds. The summed E-state index contributed by atoms with van der Waals surface area (Å²) in [5.74, 6) is -3.71. The standard InChI is InChI=1S/C24H30F2N4O2/c25-24(26,14-18-4-1-2-11-28-18)15-19(20(31)16-23(17-27)7-8-23)29-21(32)30-12-9-22(10-13-30)5-3-6-22/h1-2,4,11,19H,3,5-10,12-16H2,(H,29,32)/t19-/m0/s1. The van der Waals surface area contributed by atoms with Crippen molar-refractivity contribution in [2.45, 2.75) is 76.2 Å². The van der Waals surface area contributed by atoms with Gasteiger partial charge in [0, 0.05) is 37.8 Å². The van der Waals surface area contributed by atoms with Crippen molar-refractivity contribution < 1.29 is 18.4 Å². The fourth-order valence-corrected chi connectivity index (χ4v) is 4.92. The third-order valence-corrected chi connectivity index (χ3v) is 7.48. The second-order valence-corrected chi connectivity index (χ2v) is 9.94. The minimum absolute atomic E-state index is 0.1000. The Hall–Kier alpha value is -2.56. The molecule has 1 aromatic heterocycles. The summed E-state index contributed by atoms with van der Waals surface area (Å²) in [5.41, 5.74) is -0.169. The highest BCUT2D eigenvalue weighted by Crippen LogP contribution is 2.49. The van der Waals surface area contributed by atoms with E-state index in [4.69, 9.17) is 0 Å². The average molecular weight is 445 g/mol. The van der Waals surface area contributed by atoms with Crippen molar-refractivity contribution in [3.8, 4) is 6.07 Å². The Morgan fingerprint density at radius 2 is 1.91 bits per heavy atom. The number of pyridine rings is 1. The van der Waals surface area contributed by atoms with Crippen LogP contribution in [-0.4, -0.2) is 46.8 Å². The third-order valence-electron chi connectivity index (χ3n) is 7.48. The number of nitrogens with one attached hydrogen (secondary N) is 1. The highest BCUT2D eigenvalue weighted by molar-refractivity contribution is 5.89. The largest absolute Gasteiger partial charge is 0.328 e. The molecule has 1 atom stereocenters. The van der Waals surface area contributed by atoms with Gasteiger partial charge in [-0.25, -0.2) is 13.6 Å². The van der Waals surface area contributed by atoms with Crippen LogP contribution in [0.4, 0.5) is 13.6 Å². The zero-order valence-electron chi connectivity index (χ0n) is 18.3. The monoisotopic (exact) mass is 444 g/mol. The molecule has 1 N–H and O–H groups in total. The van der Waals surface area contributed by atoms with Gasteiger partial charge in [-0.1, -0.05) is 12.5 Å². The van der Waals surface area contributed by atoms with Crippen molar-refractivity contribution in [2.24, 2.45) is 10.8 Å². The first-order valence-electron chi connectivity index (χ1n) is 11.5. The van der Waals surface area contributed by atoms with Crippen molar-refractivity contribution in [2.75, 3.05) is 13.1 Å². The van der Waals surface area contributed by atoms with Crippen molar-refractivity contribution in [3.05, 3.63) is 30.1 Å². The molecular weight excluding hydrogens is 414 g/mol. The number of ketones is 1. The number of nitrogens with zero attached hydrogens (tertiary/aromatic N) is 3. The van der Waals surface area contributed by atoms with Crippen LogP contribution < -0.4 is 5.32 Å². The minimum Gasteiger partial charge on any atom is -0.328 e. The molecule has 172 valence electrons. The van der Waals surface area contributed by atoms with Gasteiger partial charge < -0.3 is 10.2 Å². The molecule has 3 fully saturated rings. The molecule has 4 rings (SSSR count). The van der Waals surface area contributed by atoms with Gasteiger partial charge in [-0.05, 0) is 56.1 Å². The number of Topliss-reactive ketones (excluding diaryl/α,β-unsaturated/α-hetero) is 1. The molecule has 0 bridgehead atoms. The van der Waals surface area contributed by atoms with Gasteiger partial charge in [0.15, 0.2) is 5.78 Å². The average Bonchev–Trinajstić information content (AvgIpc) is 3.52. The molecule has 32 heavy (non-hydrogen) atoms. The lowest BCUT2D eigenvalue weighted by atomic mass is 9.63. The predicted molar refractivity (Wildman–Crippen MR) is 114 cm³/mol. The molecule has 6 nitrogen and oxygen atoms in total. The van der Waals surface area contributed by atoms with E-state index in [-0.39, 0.29) is 12.1 Å². The van der Waals surface area contributed by atoms with Crippen LogP contribution >= 0.6 is 0 Å². The van der Waals surface area contributed by atoms with E-state index in [1.807, 2.05) is 0 Å². The zero-order valence-corrected chi connectivity index (χ0v) is 18.3.